The summed E-state index contributed by atoms with van der Waals surface area (Å²) in [5.41, 5.74) is 2.79. The number of H-pyrrole nitrogens is 1. The van der Waals surface area contributed by atoms with E-state index in [1.807, 2.05) is 49.1 Å². The Kier molecular flexibility index (Phi) is 6.93. The third kappa shape index (κ3) is 4.42. The summed E-state index contributed by atoms with van der Waals surface area (Å²) in [6.07, 6.45) is 1.40. The predicted molar refractivity (Wildman–Crippen MR) is 145 cm³/mol. The van der Waals surface area contributed by atoms with Crippen molar-refractivity contribution >= 4 is 22.6 Å². The molecule has 0 unspecified atom stereocenters. The molecule has 7 nitrogen and oxygen atoms in total. The molecule has 4 aromatic rings. The zero-order valence-corrected chi connectivity index (χ0v) is 21.8. The number of para-hydroxylation sites is 1. The number of ether oxygens (including phenoxy) is 2. The Hall–Kier alpha value is -4.14. The molecule has 38 heavy (non-hydrogen) atoms. The van der Waals surface area contributed by atoms with E-state index >= 15 is 4.39 Å². The first-order chi connectivity index (χ1) is 18.3. The van der Waals surface area contributed by atoms with Crippen LogP contribution in [0.1, 0.15) is 37.2 Å². The van der Waals surface area contributed by atoms with Gasteiger partial charge in [0.1, 0.15) is 11.4 Å². The number of benzene rings is 2. The highest BCUT2D eigenvalue weighted by Gasteiger charge is 2.28. The molecule has 1 aliphatic heterocycles. The Bertz CT molecular complexity index is 1500. The van der Waals surface area contributed by atoms with Crippen LogP contribution in [0.3, 0.4) is 0 Å². The van der Waals surface area contributed by atoms with Gasteiger partial charge in [-0.15, -0.1) is 0 Å². The molecule has 9 heteroatoms. The van der Waals surface area contributed by atoms with Crippen molar-refractivity contribution in [2.75, 3.05) is 45.3 Å². The molecule has 0 bridgehead atoms. The Morgan fingerprint density at radius 2 is 1.76 bits per heavy atom. The Morgan fingerprint density at radius 1 is 1.03 bits per heavy atom. The number of aromatic nitrogens is 2. The van der Waals surface area contributed by atoms with Crippen LogP contribution in [0.2, 0.25) is 0 Å². The first kappa shape index (κ1) is 25.5. The fourth-order valence-corrected chi connectivity index (χ4v) is 5.03. The number of methoxy groups -OCH3 is 2. The van der Waals surface area contributed by atoms with Crippen molar-refractivity contribution < 1.29 is 24.5 Å². The summed E-state index contributed by atoms with van der Waals surface area (Å²) in [7, 11) is 3.01. The number of hydrogen-bond acceptors (Lipinski definition) is 5. The monoisotopic (exact) mass is 522 g/mol. The summed E-state index contributed by atoms with van der Waals surface area (Å²) >= 11 is 0. The maximum atomic E-state index is 15.6. The number of fused-ring (bicyclic) bond motifs is 1. The van der Waals surface area contributed by atoms with Gasteiger partial charge < -0.3 is 24.3 Å². The van der Waals surface area contributed by atoms with Gasteiger partial charge in [-0.2, -0.15) is 0 Å². The number of nitrogens with one attached hydrogen (secondary N) is 1. The molecule has 200 valence electrons. The molecule has 1 N–H and O–H groups in total. The highest BCUT2D eigenvalue weighted by atomic mass is 19.1. The number of carbonyl (C=O) groups excluding carboxylic acids is 1. The number of halogens is 2. The largest absolute Gasteiger partial charge is 0.496 e. The van der Waals surface area contributed by atoms with E-state index in [4.69, 9.17) is 9.47 Å². The van der Waals surface area contributed by atoms with Crippen molar-refractivity contribution in [1.82, 2.24) is 14.9 Å². The zero-order chi connectivity index (χ0) is 27.0. The molecular formula is C29H32F2N4O3. The van der Waals surface area contributed by atoms with E-state index in [0.717, 1.165) is 11.1 Å². The normalized spacial score (nSPS) is 13.9. The number of pyridine rings is 1. The van der Waals surface area contributed by atoms with Crippen LogP contribution in [-0.4, -0.2) is 61.2 Å². The lowest BCUT2D eigenvalue weighted by molar-refractivity contribution is 0.0741. The lowest BCUT2D eigenvalue weighted by Crippen LogP contribution is -2.49. The third-order valence-electron chi connectivity index (χ3n) is 7.04. The fourth-order valence-electron chi connectivity index (χ4n) is 5.03. The Labute approximate surface area is 221 Å². The molecule has 5 rings (SSSR count). The van der Waals surface area contributed by atoms with Crippen molar-refractivity contribution in [2.45, 2.75) is 19.8 Å². The SMILES string of the molecule is COc1ccccc1-c1cc(C(C)C)c(F)c2[nH]c(C(=O)N3CCN(c4nccc(F)c4OC)CC3)cc12.[HH]. The molecule has 2 aromatic carbocycles. The van der Waals surface area contributed by atoms with Crippen molar-refractivity contribution in [3.8, 4) is 22.6 Å². The van der Waals surface area contributed by atoms with Gasteiger partial charge in [-0.05, 0) is 41.3 Å². The Morgan fingerprint density at radius 3 is 2.45 bits per heavy atom. The average molecular weight is 523 g/mol. The van der Waals surface area contributed by atoms with E-state index in [0.29, 0.717) is 59.9 Å². The number of carbonyl (C=O) groups is 1. The highest BCUT2D eigenvalue weighted by Crippen LogP contribution is 2.39. The second-order valence-corrected chi connectivity index (χ2v) is 9.58. The predicted octanol–water partition coefficient (Wildman–Crippen LogP) is 5.86. The quantitative estimate of drug-likeness (QED) is 0.344. The second kappa shape index (κ2) is 10.3. The number of nitrogens with zero attached hydrogens (tertiary/aromatic N) is 3. The second-order valence-electron chi connectivity index (χ2n) is 9.58. The molecule has 1 amide bonds. The highest BCUT2D eigenvalue weighted by molar-refractivity contribution is 6.04. The van der Waals surface area contributed by atoms with Gasteiger partial charge in [-0.25, -0.2) is 13.8 Å². The van der Waals surface area contributed by atoms with E-state index in [2.05, 4.69) is 9.97 Å². The van der Waals surface area contributed by atoms with Crippen LogP contribution in [0.15, 0.2) is 48.7 Å². The summed E-state index contributed by atoms with van der Waals surface area (Å²) in [6.45, 7) is 5.58. The molecule has 0 atom stereocenters. The summed E-state index contributed by atoms with van der Waals surface area (Å²) < 4.78 is 40.5. The van der Waals surface area contributed by atoms with E-state index in [-0.39, 0.29) is 24.8 Å². The van der Waals surface area contributed by atoms with Crippen LogP contribution in [0.4, 0.5) is 14.6 Å². The number of rotatable bonds is 6. The maximum Gasteiger partial charge on any atom is 0.270 e. The van der Waals surface area contributed by atoms with Crippen molar-refractivity contribution in [3.05, 3.63) is 71.6 Å². The minimum Gasteiger partial charge on any atom is -0.496 e. The molecule has 3 heterocycles. The molecule has 0 radical (unpaired) electrons. The van der Waals surface area contributed by atoms with Gasteiger partial charge >= 0.3 is 0 Å². The first-order valence-corrected chi connectivity index (χ1v) is 12.5. The van der Waals surface area contributed by atoms with E-state index < -0.39 is 5.82 Å². The summed E-state index contributed by atoms with van der Waals surface area (Å²) in [6, 6.07) is 12.4. The number of piperazine rings is 1. The van der Waals surface area contributed by atoms with Gasteiger partial charge in [0.15, 0.2) is 23.2 Å². The van der Waals surface area contributed by atoms with E-state index in [9.17, 15) is 9.18 Å². The summed E-state index contributed by atoms with van der Waals surface area (Å²) in [5.74, 6) is 0.0395. The van der Waals surface area contributed by atoms with Gasteiger partial charge in [-0.3, -0.25) is 4.79 Å². The van der Waals surface area contributed by atoms with Crippen LogP contribution in [0.5, 0.6) is 11.5 Å². The van der Waals surface area contributed by atoms with Crippen LogP contribution in [0, 0.1) is 11.6 Å². The minimum absolute atomic E-state index is 0. The topological polar surface area (TPSA) is 70.7 Å². The fraction of sp³-hybridized carbons (Fsp3) is 0.310. The van der Waals surface area contributed by atoms with Crippen LogP contribution < -0.4 is 14.4 Å². The van der Waals surface area contributed by atoms with Gasteiger partial charge in [0.2, 0.25) is 0 Å². The van der Waals surface area contributed by atoms with Crippen molar-refractivity contribution in [2.24, 2.45) is 0 Å². The van der Waals surface area contributed by atoms with E-state index in [1.165, 1.54) is 19.4 Å². The number of anilines is 1. The molecule has 0 saturated carbocycles. The number of aromatic amines is 1. The van der Waals surface area contributed by atoms with Gasteiger partial charge in [0.05, 0.1) is 19.7 Å². The molecule has 2 aromatic heterocycles. The minimum atomic E-state index is -0.484. The van der Waals surface area contributed by atoms with Crippen molar-refractivity contribution in [1.29, 1.82) is 0 Å². The van der Waals surface area contributed by atoms with Gasteiger partial charge in [0.25, 0.3) is 5.91 Å². The summed E-state index contributed by atoms with van der Waals surface area (Å²) in [4.78, 5) is 24.5. The van der Waals surface area contributed by atoms with Crippen LogP contribution in [0.25, 0.3) is 22.0 Å². The molecular weight excluding hydrogens is 490 g/mol. The van der Waals surface area contributed by atoms with Crippen molar-refractivity contribution in [3.63, 3.8) is 0 Å². The number of amides is 1. The van der Waals surface area contributed by atoms with Gasteiger partial charge in [0, 0.05) is 44.8 Å². The van der Waals surface area contributed by atoms with Crippen LogP contribution in [-0.2, 0) is 0 Å². The van der Waals surface area contributed by atoms with E-state index in [1.54, 1.807) is 18.1 Å². The first-order valence-electron chi connectivity index (χ1n) is 12.5. The smallest absolute Gasteiger partial charge is 0.270 e. The lowest BCUT2D eigenvalue weighted by atomic mass is 9.93. The molecule has 0 aliphatic carbocycles. The molecule has 1 fully saturated rings. The lowest BCUT2D eigenvalue weighted by Gasteiger charge is -2.35. The number of hydrogen-bond donors (Lipinski definition) is 1. The standard InChI is InChI=1S/C29H30F2N4O3.H2/c1-17(2)19-15-20(18-7-5-6-8-24(18)37-3)21-16-23(33-26(21)25(19)31)29(36)35-13-11-34(12-14-35)28-27(38-4)22(30)9-10-32-28;/h5-10,15-17,33H,11-14H2,1-4H3;1H. The van der Waals surface area contributed by atoms with Gasteiger partial charge in [-0.1, -0.05) is 32.0 Å². The third-order valence-corrected chi connectivity index (χ3v) is 7.04. The maximum absolute atomic E-state index is 15.6. The average Bonchev–Trinajstić information content (AvgIpc) is 3.39. The summed E-state index contributed by atoms with van der Waals surface area (Å²) in [5, 5.41) is 0.618. The Balaban J connectivity index is 0.00000353. The molecule has 0 spiro atoms. The van der Waals surface area contributed by atoms with Crippen LogP contribution >= 0.6 is 0 Å². The molecule has 1 aliphatic rings. The molecule has 1 saturated heterocycles. The zero-order valence-electron chi connectivity index (χ0n) is 21.8.